The van der Waals surface area contributed by atoms with E-state index in [0.717, 1.165) is 47.2 Å². The lowest BCUT2D eigenvalue weighted by Gasteiger charge is -2.15. The lowest BCUT2D eigenvalue weighted by atomic mass is 9.95. The summed E-state index contributed by atoms with van der Waals surface area (Å²) in [5.41, 5.74) is 3.31. The third-order valence-electron chi connectivity index (χ3n) is 6.99. The first-order chi connectivity index (χ1) is 19.6. The van der Waals surface area contributed by atoms with Crippen LogP contribution in [-0.4, -0.2) is 28.8 Å². The predicted molar refractivity (Wildman–Crippen MR) is 163 cm³/mol. The number of anilines is 4. The molecule has 1 aromatic heterocycles. The molecule has 0 radical (unpaired) electrons. The number of phenols is 1. The first kappa shape index (κ1) is 28.7. The van der Waals surface area contributed by atoms with Gasteiger partial charge in [0.1, 0.15) is 23.1 Å². The van der Waals surface area contributed by atoms with Crippen molar-refractivity contribution in [1.82, 2.24) is 9.97 Å². The quantitative estimate of drug-likeness (QED) is 0.130. The van der Waals surface area contributed by atoms with Crippen LogP contribution in [0.15, 0.2) is 79.0 Å². The number of aromatic hydroxyl groups is 1. The second-order valence-corrected chi connectivity index (χ2v) is 9.88. The minimum Gasteiger partial charge on any atom is -0.508 e. The number of hydrogen-bond acceptors (Lipinski definition) is 7. The van der Waals surface area contributed by atoms with Gasteiger partial charge in [-0.1, -0.05) is 63.8 Å². The molecule has 40 heavy (non-hydrogen) atoms. The van der Waals surface area contributed by atoms with Gasteiger partial charge < -0.3 is 25.2 Å². The first-order valence-corrected chi connectivity index (χ1v) is 14.2. The Kier molecular flexibility index (Phi) is 10.6. The highest BCUT2D eigenvalue weighted by molar-refractivity contribution is 5.80. The molecule has 0 spiro atoms. The van der Waals surface area contributed by atoms with E-state index in [2.05, 4.69) is 29.5 Å². The van der Waals surface area contributed by atoms with E-state index in [1.165, 1.54) is 32.1 Å². The van der Waals surface area contributed by atoms with E-state index in [1.54, 1.807) is 25.4 Å². The molecule has 0 saturated carbocycles. The van der Waals surface area contributed by atoms with Gasteiger partial charge in [-0.2, -0.15) is 4.98 Å². The average Bonchev–Trinajstić information content (AvgIpc) is 2.98. The minimum atomic E-state index is 0.201. The summed E-state index contributed by atoms with van der Waals surface area (Å²) >= 11 is 0. The third-order valence-corrected chi connectivity index (χ3v) is 6.99. The summed E-state index contributed by atoms with van der Waals surface area (Å²) < 4.78 is 11.5. The number of unbranched alkanes of at least 4 members (excludes halogenated alkanes) is 1. The fourth-order valence-corrected chi connectivity index (χ4v) is 4.71. The lowest BCUT2D eigenvalue weighted by Crippen LogP contribution is -2.04. The van der Waals surface area contributed by atoms with Crippen LogP contribution in [0.5, 0.6) is 17.2 Å². The van der Waals surface area contributed by atoms with E-state index < -0.39 is 0 Å². The van der Waals surface area contributed by atoms with Crippen molar-refractivity contribution in [3.8, 4) is 28.4 Å². The van der Waals surface area contributed by atoms with Crippen molar-refractivity contribution in [2.75, 3.05) is 24.4 Å². The largest absolute Gasteiger partial charge is 0.508 e. The van der Waals surface area contributed by atoms with Crippen molar-refractivity contribution >= 4 is 23.1 Å². The highest BCUT2D eigenvalue weighted by Crippen LogP contribution is 2.34. The summed E-state index contributed by atoms with van der Waals surface area (Å²) in [6.45, 7) is 5.29. The Morgan fingerprint density at radius 2 is 1.65 bits per heavy atom. The van der Waals surface area contributed by atoms with Crippen LogP contribution in [0.2, 0.25) is 0 Å². The summed E-state index contributed by atoms with van der Waals surface area (Å²) in [7, 11) is 1.64. The van der Waals surface area contributed by atoms with Crippen LogP contribution in [0.25, 0.3) is 11.1 Å². The van der Waals surface area contributed by atoms with Gasteiger partial charge in [0, 0.05) is 17.4 Å². The maximum absolute atomic E-state index is 9.74. The number of ether oxygens (including phenoxy) is 2. The number of hydrogen-bond donors (Lipinski definition) is 3. The van der Waals surface area contributed by atoms with Crippen LogP contribution >= 0.6 is 0 Å². The van der Waals surface area contributed by atoms with Gasteiger partial charge in [0.2, 0.25) is 5.95 Å². The highest BCUT2D eigenvalue weighted by atomic mass is 16.5. The van der Waals surface area contributed by atoms with E-state index >= 15 is 0 Å². The summed E-state index contributed by atoms with van der Waals surface area (Å²) in [6, 6.07) is 22.5. The van der Waals surface area contributed by atoms with Gasteiger partial charge in [0.15, 0.2) is 0 Å². The summed E-state index contributed by atoms with van der Waals surface area (Å²) in [5.74, 6) is 3.66. The molecule has 1 atom stereocenters. The molecule has 210 valence electrons. The number of phenolic OH excluding ortho intramolecular Hbond substituents is 1. The van der Waals surface area contributed by atoms with Gasteiger partial charge in [-0.25, -0.2) is 4.98 Å². The maximum atomic E-state index is 9.74. The zero-order valence-electron chi connectivity index (χ0n) is 23.7. The monoisotopic (exact) mass is 540 g/mol. The Labute approximate surface area is 237 Å². The molecule has 0 aliphatic carbocycles. The number of nitrogens with zero attached hydrogens (tertiary/aromatic N) is 2. The summed E-state index contributed by atoms with van der Waals surface area (Å²) in [6.07, 6.45) is 9.20. The molecule has 7 nitrogen and oxygen atoms in total. The van der Waals surface area contributed by atoms with E-state index in [-0.39, 0.29) is 5.75 Å². The van der Waals surface area contributed by atoms with E-state index in [1.807, 2.05) is 60.7 Å². The molecule has 1 unspecified atom stereocenters. The second kappa shape index (κ2) is 14.8. The molecule has 0 aliphatic heterocycles. The number of nitrogens with one attached hydrogen (secondary N) is 2. The smallest absolute Gasteiger partial charge is 0.229 e. The number of rotatable bonds is 15. The molecule has 0 aliphatic rings. The van der Waals surface area contributed by atoms with Gasteiger partial charge in [-0.05, 0) is 72.9 Å². The summed E-state index contributed by atoms with van der Waals surface area (Å²) in [4.78, 5) is 9.34. The Balaban J connectivity index is 1.43. The normalized spacial score (nSPS) is 11.6. The molecule has 0 fully saturated rings. The Morgan fingerprint density at radius 1 is 0.875 bits per heavy atom. The van der Waals surface area contributed by atoms with Crippen molar-refractivity contribution < 1.29 is 14.6 Å². The predicted octanol–water partition coefficient (Wildman–Crippen LogP) is 8.72. The van der Waals surface area contributed by atoms with Crippen LogP contribution in [0.4, 0.5) is 23.1 Å². The topological polar surface area (TPSA) is 88.5 Å². The first-order valence-electron chi connectivity index (χ1n) is 14.2. The fraction of sp³-hybridized carbons (Fsp3) is 0.333. The zero-order valence-corrected chi connectivity index (χ0v) is 23.7. The van der Waals surface area contributed by atoms with Crippen molar-refractivity contribution in [3.63, 3.8) is 0 Å². The van der Waals surface area contributed by atoms with Crippen LogP contribution in [0, 0.1) is 5.92 Å². The fourth-order valence-electron chi connectivity index (χ4n) is 4.71. The van der Waals surface area contributed by atoms with Crippen LogP contribution in [0.1, 0.15) is 52.4 Å². The number of methoxy groups -OCH3 is 1. The standard InChI is InChI=1S/C33H40N4O3/c1-4-10-24(5-2)11-8-9-22-40-28-20-16-26(17-21-28)35-33-34-23-29(25-14-18-27(38)19-15-25)32(37-33)36-30-12-6-7-13-31(30)39-3/h6-7,12-21,23-24,38H,4-5,8-11,22H2,1-3H3,(H2,34,35,36,37). The van der Waals surface area contributed by atoms with E-state index in [4.69, 9.17) is 14.5 Å². The van der Waals surface area contributed by atoms with Crippen LogP contribution in [0.3, 0.4) is 0 Å². The Bertz CT molecular complexity index is 1330. The molecule has 4 aromatic rings. The molecule has 3 aromatic carbocycles. The Hall–Kier alpha value is -4.26. The lowest BCUT2D eigenvalue weighted by molar-refractivity contribution is 0.296. The van der Waals surface area contributed by atoms with Crippen LogP contribution < -0.4 is 20.1 Å². The van der Waals surface area contributed by atoms with Crippen LogP contribution in [-0.2, 0) is 0 Å². The van der Waals surface area contributed by atoms with E-state index in [9.17, 15) is 5.11 Å². The van der Waals surface area contributed by atoms with Gasteiger partial charge in [-0.3, -0.25) is 0 Å². The van der Waals surface area contributed by atoms with Gasteiger partial charge in [-0.15, -0.1) is 0 Å². The molecule has 0 saturated heterocycles. The van der Waals surface area contributed by atoms with Crippen molar-refractivity contribution in [1.29, 1.82) is 0 Å². The zero-order chi connectivity index (χ0) is 28.2. The van der Waals surface area contributed by atoms with Crippen molar-refractivity contribution in [2.24, 2.45) is 5.92 Å². The van der Waals surface area contributed by atoms with Gasteiger partial charge in [0.05, 0.1) is 19.4 Å². The molecule has 4 rings (SSSR count). The van der Waals surface area contributed by atoms with Gasteiger partial charge in [0.25, 0.3) is 0 Å². The molecule has 3 N–H and O–H groups in total. The molecule has 7 heteroatoms. The number of benzene rings is 3. The highest BCUT2D eigenvalue weighted by Gasteiger charge is 2.13. The SMILES string of the molecule is CCCC(CC)CCCCOc1ccc(Nc2ncc(-c3ccc(O)cc3)c(Nc3ccccc3OC)n2)cc1. The van der Waals surface area contributed by atoms with Gasteiger partial charge >= 0.3 is 0 Å². The van der Waals surface area contributed by atoms with Crippen molar-refractivity contribution in [3.05, 3.63) is 79.0 Å². The average molecular weight is 541 g/mol. The second-order valence-electron chi connectivity index (χ2n) is 9.88. The molecular formula is C33H40N4O3. The number of aromatic nitrogens is 2. The number of para-hydroxylation sites is 2. The maximum Gasteiger partial charge on any atom is 0.229 e. The summed E-state index contributed by atoms with van der Waals surface area (Å²) in [5, 5.41) is 16.4. The third kappa shape index (κ3) is 8.12. The minimum absolute atomic E-state index is 0.201. The van der Waals surface area contributed by atoms with Crippen molar-refractivity contribution in [2.45, 2.75) is 52.4 Å². The molecule has 1 heterocycles. The molecule has 0 bridgehead atoms. The molecule has 0 amide bonds. The Morgan fingerprint density at radius 3 is 2.38 bits per heavy atom. The molecular weight excluding hydrogens is 500 g/mol. The van der Waals surface area contributed by atoms with E-state index in [0.29, 0.717) is 17.5 Å².